The van der Waals surface area contributed by atoms with Crippen molar-refractivity contribution >= 4 is 27.5 Å². The first kappa shape index (κ1) is 16.6. The molecule has 1 rings (SSSR count). The summed E-state index contributed by atoms with van der Waals surface area (Å²) in [6.07, 6.45) is 0. The van der Waals surface area contributed by atoms with E-state index in [2.05, 4.69) is 21.2 Å². The van der Waals surface area contributed by atoms with E-state index in [9.17, 15) is 14.9 Å². The fourth-order valence-corrected chi connectivity index (χ4v) is 2.06. The van der Waals surface area contributed by atoms with Crippen LogP contribution in [0.2, 0.25) is 0 Å². The standard InChI is InChI=1S/C13H17BrN2O4/c1-4-20-13(2,3)8-15-12(17)10-7-9(16(18)19)5-6-11(10)14/h5-7H,4,8H2,1-3H3,(H,15,17). The summed E-state index contributed by atoms with van der Waals surface area (Å²) in [4.78, 5) is 22.3. The van der Waals surface area contributed by atoms with Gasteiger partial charge in [0.1, 0.15) is 0 Å². The largest absolute Gasteiger partial charge is 0.374 e. The molecule has 1 amide bonds. The van der Waals surface area contributed by atoms with Gasteiger partial charge in [0.05, 0.1) is 16.1 Å². The number of nitro benzene ring substituents is 1. The number of benzene rings is 1. The molecule has 1 N–H and O–H groups in total. The number of hydrogen-bond acceptors (Lipinski definition) is 4. The highest BCUT2D eigenvalue weighted by atomic mass is 79.9. The average Bonchev–Trinajstić information content (AvgIpc) is 2.36. The Kier molecular flexibility index (Phi) is 5.64. The Labute approximate surface area is 125 Å². The second-order valence-corrected chi connectivity index (χ2v) is 5.65. The van der Waals surface area contributed by atoms with E-state index in [1.54, 1.807) is 0 Å². The van der Waals surface area contributed by atoms with E-state index < -0.39 is 10.5 Å². The summed E-state index contributed by atoms with van der Waals surface area (Å²) in [7, 11) is 0. The predicted octanol–water partition coefficient (Wildman–Crippen LogP) is 2.90. The van der Waals surface area contributed by atoms with Crippen molar-refractivity contribution in [3.05, 3.63) is 38.3 Å². The molecule has 1 aromatic rings. The molecule has 0 saturated carbocycles. The van der Waals surface area contributed by atoms with Gasteiger partial charge >= 0.3 is 0 Å². The minimum Gasteiger partial charge on any atom is -0.374 e. The highest BCUT2D eigenvalue weighted by molar-refractivity contribution is 9.10. The zero-order valence-electron chi connectivity index (χ0n) is 11.6. The summed E-state index contributed by atoms with van der Waals surface area (Å²) in [5.74, 6) is -0.381. The lowest BCUT2D eigenvalue weighted by Gasteiger charge is -2.24. The first-order chi connectivity index (χ1) is 9.26. The lowest BCUT2D eigenvalue weighted by Crippen LogP contribution is -2.40. The van der Waals surface area contributed by atoms with E-state index >= 15 is 0 Å². The topological polar surface area (TPSA) is 81.5 Å². The van der Waals surface area contributed by atoms with Crippen molar-refractivity contribution in [2.24, 2.45) is 0 Å². The van der Waals surface area contributed by atoms with Crippen LogP contribution in [-0.4, -0.2) is 29.6 Å². The lowest BCUT2D eigenvalue weighted by atomic mass is 10.1. The Morgan fingerprint density at radius 3 is 2.70 bits per heavy atom. The molecule has 7 heteroatoms. The zero-order chi connectivity index (χ0) is 15.3. The van der Waals surface area contributed by atoms with Gasteiger partial charge in [-0.1, -0.05) is 0 Å². The summed E-state index contributed by atoms with van der Waals surface area (Å²) >= 11 is 3.22. The molecule has 0 aliphatic heterocycles. The minimum atomic E-state index is -0.534. The van der Waals surface area contributed by atoms with E-state index in [4.69, 9.17) is 4.74 Å². The number of nitrogens with zero attached hydrogens (tertiary/aromatic N) is 1. The molecule has 0 radical (unpaired) electrons. The minimum absolute atomic E-state index is 0.123. The van der Waals surface area contributed by atoms with Gasteiger partial charge in [0.15, 0.2) is 0 Å². The van der Waals surface area contributed by atoms with Gasteiger partial charge in [-0.2, -0.15) is 0 Å². The third-order valence-electron chi connectivity index (χ3n) is 2.62. The molecule has 0 heterocycles. The maximum Gasteiger partial charge on any atom is 0.270 e. The second-order valence-electron chi connectivity index (χ2n) is 4.80. The number of carbonyl (C=O) groups is 1. The van der Waals surface area contributed by atoms with Gasteiger partial charge in [0.25, 0.3) is 11.6 Å². The number of nitrogens with one attached hydrogen (secondary N) is 1. The molecule has 0 bridgehead atoms. The van der Waals surface area contributed by atoms with Crippen LogP contribution in [0.25, 0.3) is 0 Å². The summed E-state index contributed by atoms with van der Waals surface area (Å²) < 4.78 is 5.98. The first-order valence-corrected chi connectivity index (χ1v) is 6.92. The molecule has 110 valence electrons. The predicted molar refractivity (Wildman–Crippen MR) is 78.8 cm³/mol. The van der Waals surface area contributed by atoms with E-state index in [1.807, 2.05) is 20.8 Å². The van der Waals surface area contributed by atoms with Crippen LogP contribution in [0.15, 0.2) is 22.7 Å². The average molecular weight is 345 g/mol. The van der Waals surface area contributed by atoms with Crippen LogP contribution < -0.4 is 5.32 Å². The Bertz CT molecular complexity index is 517. The van der Waals surface area contributed by atoms with E-state index in [0.29, 0.717) is 17.6 Å². The van der Waals surface area contributed by atoms with Crippen molar-refractivity contribution in [2.75, 3.05) is 13.2 Å². The molecule has 1 aromatic carbocycles. The molecule has 0 saturated heterocycles. The van der Waals surface area contributed by atoms with Gasteiger partial charge in [-0.15, -0.1) is 0 Å². The van der Waals surface area contributed by atoms with Crippen LogP contribution in [0.3, 0.4) is 0 Å². The molecule has 0 aliphatic carbocycles. The number of rotatable bonds is 6. The summed E-state index contributed by atoms with van der Waals surface area (Å²) in [5.41, 5.74) is -0.383. The summed E-state index contributed by atoms with van der Waals surface area (Å²) in [6.45, 7) is 6.46. The molecule has 20 heavy (non-hydrogen) atoms. The van der Waals surface area contributed by atoms with Crippen LogP contribution in [0.1, 0.15) is 31.1 Å². The quantitative estimate of drug-likeness (QED) is 0.635. The number of ether oxygens (including phenoxy) is 1. The van der Waals surface area contributed by atoms with Gasteiger partial charge in [-0.3, -0.25) is 14.9 Å². The molecule has 0 fully saturated rings. The number of carbonyl (C=O) groups excluding carboxylic acids is 1. The van der Waals surface area contributed by atoms with Crippen LogP contribution in [-0.2, 0) is 4.74 Å². The Morgan fingerprint density at radius 2 is 2.15 bits per heavy atom. The first-order valence-electron chi connectivity index (χ1n) is 6.13. The van der Waals surface area contributed by atoms with Gasteiger partial charge < -0.3 is 10.1 Å². The number of non-ortho nitro benzene ring substituents is 1. The van der Waals surface area contributed by atoms with E-state index in [1.165, 1.54) is 18.2 Å². The third kappa shape index (κ3) is 4.57. The molecule has 0 atom stereocenters. The van der Waals surface area contributed by atoms with Crippen LogP contribution >= 0.6 is 15.9 Å². The molecule has 0 aromatic heterocycles. The third-order valence-corrected chi connectivity index (χ3v) is 3.31. The van der Waals surface area contributed by atoms with Crippen LogP contribution in [0.4, 0.5) is 5.69 Å². The molecule has 0 unspecified atom stereocenters. The SMILES string of the molecule is CCOC(C)(C)CNC(=O)c1cc([N+](=O)[O-])ccc1Br. The fourth-order valence-electron chi connectivity index (χ4n) is 1.63. The van der Waals surface area contributed by atoms with Crippen molar-refractivity contribution in [1.29, 1.82) is 0 Å². The molecular weight excluding hydrogens is 328 g/mol. The van der Waals surface area contributed by atoms with Gasteiger partial charge in [-0.25, -0.2) is 0 Å². The molecule has 0 spiro atoms. The summed E-state index contributed by atoms with van der Waals surface area (Å²) in [6, 6.07) is 4.07. The van der Waals surface area contributed by atoms with Crippen molar-refractivity contribution in [2.45, 2.75) is 26.4 Å². The molecule has 0 aliphatic rings. The van der Waals surface area contributed by atoms with Gasteiger partial charge in [-0.05, 0) is 42.8 Å². The Hall–Kier alpha value is -1.47. The van der Waals surface area contributed by atoms with Crippen molar-refractivity contribution in [3.63, 3.8) is 0 Å². The summed E-state index contributed by atoms with van der Waals surface area (Å²) in [5, 5.41) is 13.4. The van der Waals surface area contributed by atoms with Crippen molar-refractivity contribution < 1.29 is 14.5 Å². The van der Waals surface area contributed by atoms with Gasteiger partial charge in [0.2, 0.25) is 0 Å². The second kappa shape index (κ2) is 6.81. The number of amides is 1. The highest BCUT2D eigenvalue weighted by Crippen LogP contribution is 2.22. The van der Waals surface area contributed by atoms with Crippen LogP contribution in [0.5, 0.6) is 0 Å². The smallest absolute Gasteiger partial charge is 0.270 e. The number of nitro groups is 1. The fraction of sp³-hybridized carbons (Fsp3) is 0.462. The van der Waals surface area contributed by atoms with Crippen LogP contribution in [0, 0.1) is 10.1 Å². The highest BCUT2D eigenvalue weighted by Gasteiger charge is 2.21. The molecular formula is C13H17BrN2O4. The number of hydrogen-bond donors (Lipinski definition) is 1. The zero-order valence-corrected chi connectivity index (χ0v) is 13.2. The lowest BCUT2D eigenvalue weighted by molar-refractivity contribution is -0.384. The number of halogens is 1. The maximum atomic E-state index is 12.1. The van der Waals surface area contributed by atoms with Crippen molar-refractivity contribution in [3.8, 4) is 0 Å². The normalized spacial score (nSPS) is 11.2. The van der Waals surface area contributed by atoms with Gasteiger partial charge in [0, 0.05) is 29.8 Å². The maximum absolute atomic E-state index is 12.1. The Balaban J connectivity index is 2.82. The molecule has 6 nitrogen and oxygen atoms in total. The monoisotopic (exact) mass is 344 g/mol. The van der Waals surface area contributed by atoms with E-state index in [-0.39, 0.29) is 17.2 Å². The van der Waals surface area contributed by atoms with E-state index in [0.717, 1.165) is 0 Å². The van der Waals surface area contributed by atoms with Crippen molar-refractivity contribution in [1.82, 2.24) is 5.32 Å². The Morgan fingerprint density at radius 1 is 1.50 bits per heavy atom.